The third kappa shape index (κ3) is 1.97. The highest BCUT2D eigenvalue weighted by Gasteiger charge is 2.28. The fourth-order valence-electron chi connectivity index (χ4n) is 1.85. The minimum atomic E-state index is -0.614. The van der Waals surface area contributed by atoms with Crippen LogP contribution in [0.3, 0.4) is 0 Å². The SMILES string of the molecule is CC(C)C1CC(O)c2cc(F)ccc2O1. The van der Waals surface area contributed by atoms with E-state index < -0.39 is 6.10 Å². The summed E-state index contributed by atoms with van der Waals surface area (Å²) in [5.41, 5.74) is 0.562. The maximum absolute atomic E-state index is 13.0. The molecule has 1 aliphatic rings. The van der Waals surface area contributed by atoms with Crippen molar-refractivity contribution in [2.75, 3.05) is 0 Å². The fraction of sp³-hybridized carbons (Fsp3) is 0.500. The molecule has 0 fully saturated rings. The molecule has 1 aliphatic heterocycles. The number of ether oxygens (including phenoxy) is 1. The Hall–Kier alpha value is -1.09. The van der Waals surface area contributed by atoms with E-state index in [9.17, 15) is 9.50 Å². The molecular weight excluding hydrogens is 195 g/mol. The molecule has 15 heavy (non-hydrogen) atoms. The largest absolute Gasteiger partial charge is 0.490 e. The summed E-state index contributed by atoms with van der Waals surface area (Å²) in [5, 5.41) is 9.86. The molecule has 3 heteroatoms. The molecule has 1 aromatic rings. The van der Waals surface area contributed by atoms with Gasteiger partial charge in [0.1, 0.15) is 17.7 Å². The van der Waals surface area contributed by atoms with Gasteiger partial charge in [0.25, 0.3) is 0 Å². The lowest BCUT2D eigenvalue weighted by Crippen LogP contribution is -2.30. The van der Waals surface area contributed by atoms with Crippen LogP contribution in [0.25, 0.3) is 0 Å². The van der Waals surface area contributed by atoms with Gasteiger partial charge in [-0.25, -0.2) is 4.39 Å². The van der Waals surface area contributed by atoms with Crippen molar-refractivity contribution in [1.82, 2.24) is 0 Å². The Morgan fingerprint density at radius 2 is 2.20 bits per heavy atom. The maximum Gasteiger partial charge on any atom is 0.125 e. The van der Waals surface area contributed by atoms with Crippen molar-refractivity contribution in [2.45, 2.75) is 32.5 Å². The fourth-order valence-corrected chi connectivity index (χ4v) is 1.85. The maximum atomic E-state index is 13.0. The summed E-state index contributed by atoms with van der Waals surface area (Å²) in [6, 6.07) is 4.28. The molecule has 1 heterocycles. The monoisotopic (exact) mass is 210 g/mol. The van der Waals surface area contributed by atoms with Crippen LogP contribution in [0.5, 0.6) is 5.75 Å². The van der Waals surface area contributed by atoms with Gasteiger partial charge < -0.3 is 9.84 Å². The summed E-state index contributed by atoms with van der Waals surface area (Å²) in [7, 11) is 0. The molecule has 0 saturated heterocycles. The molecule has 1 aromatic carbocycles. The number of benzene rings is 1. The molecule has 1 N–H and O–H groups in total. The van der Waals surface area contributed by atoms with E-state index in [1.54, 1.807) is 6.07 Å². The van der Waals surface area contributed by atoms with Crippen molar-refractivity contribution in [3.63, 3.8) is 0 Å². The molecule has 0 radical (unpaired) electrons. The van der Waals surface area contributed by atoms with Gasteiger partial charge in [0.15, 0.2) is 0 Å². The van der Waals surface area contributed by atoms with Crippen LogP contribution in [0.2, 0.25) is 0 Å². The van der Waals surface area contributed by atoms with Gasteiger partial charge in [0.2, 0.25) is 0 Å². The van der Waals surface area contributed by atoms with Crippen LogP contribution in [-0.4, -0.2) is 11.2 Å². The Morgan fingerprint density at radius 3 is 2.87 bits per heavy atom. The predicted molar refractivity (Wildman–Crippen MR) is 55.2 cm³/mol. The van der Waals surface area contributed by atoms with Gasteiger partial charge in [-0.1, -0.05) is 13.8 Å². The molecule has 2 nitrogen and oxygen atoms in total. The van der Waals surface area contributed by atoms with E-state index in [1.165, 1.54) is 12.1 Å². The van der Waals surface area contributed by atoms with E-state index in [0.717, 1.165) is 0 Å². The van der Waals surface area contributed by atoms with Crippen molar-refractivity contribution in [3.8, 4) is 5.75 Å². The Labute approximate surface area is 88.7 Å². The van der Waals surface area contributed by atoms with Crippen molar-refractivity contribution in [1.29, 1.82) is 0 Å². The number of halogens is 1. The quantitative estimate of drug-likeness (QED) is 0.772. The lowest BCUT2D eigenvalue weighted by Gasteiger charge is -2.31. The van der Waals surface area contributed by atoms with Gasteiger partial charge in [-0.3, -0.25) is 0 Å². The number of fused-ring (bicyclic) bond motifs is 1. The minimum absolute atomic E-state index is 0.0120. The van der Waals surface area contributed by atoms with E-state index in [2.05, 4.69) is 0 Å². The van der Waals surface area contributed by atoms with Crippen LogP contribution in [0, 0.1) is 11.7 Å². The number of hydrogen-bond donors (Lipinski definition) is 1. The Kier molecular flexibility index (Phi) is 2.65. The molecule has 2 unspecified atom stereocenters. The van der Waals surface area contributed by atoms with Crippen molar-refractivity contribution < 1.29 is 14.2 Å². The Bertz CT molecular complexity index is 363. The molecule has 0 spiro atoms. The molecule has 0 saturated carbocycles. The predicted octanol–water partition coefficient (Wildman–Crippen LogP) is 2.67. The second-order valence-electron chi connectivity index (χ2n) is 4.33. The molecule has 82 valence electrons. The zero-order valence-electron chi connectivity index (χ0n) is 8.90. The van der Waals surface area contributed by atoms with Gasteiger partial charge in [0.05, 0.1) is 6.10 Å². The van der Waals surface area contributed by atoms with E-state index >= 15 is 0 Å². The molecule has 2 atom stereocenters. The first-order valence-corrected chi connectivity index (χ1v) is 5.22. The first-order chi connectivity index (χ1) is 7.08. The van der Waals surface area contributed by atoms with Crippen LogP contribution >= 0.6 is 0 Å². The summed E-state index contributed by atoms with van der Waals surface area (Å²) in [4.78, 5) is 0. The summed E-state index contributed by atoms with van der Waals surface area (Å²) < 4.78 is 18.6. The zero-order valence-corrected chi connectivity index (χ0v) is 8.90. The van der Waals surface area contributed by atoms with Crippen molar-refractivity contribution >= 4 is 0 Å². The number of aliphatic hydroxyl groups is 1. The molecule has 0 amide bonds. The molecular formula is C12H15FO2. The van der Waals surface area contributed by atoms with Crippen LogP contribution in [0.4, 0.5) is 4.39 Å². The molecule has 2 rings (SSSR count). The molecule has 0 aromatic heterocycles. The minimum Gasteiger partial charge on any atom is -0.490 e. The van der Waals surface area contributed by atoms with Gasteiger partial charge in [-0.2, -0.15) is 0 Å². The number of hydrogen-bond acceptors (Lipinski definition) is 2. The van der Waals surface area contributed by atoms with Crippen LogP contribution in [0.15, 0.2) is 18.2 Å². The zero-order chi connectivity index (χ0) is 11.0. The third-order valence-electron chi connectivity index (χ3n) is 2.81. The highest BCUT2D eigenvalue weighted by molar-refractivity contribution is 5.37. The number of rotatable bonds is 1. The standard InChI is InChI=1S/C12H15FO2/c1-7(2)12-6-10(14)9-5-8(13)3-4-11(9)15-12/h3-5,7,10,12,14H,6H2,1-2H3. The van der Waals surface area contributed by atoms with E-state index in [4.69, 9.17) is 4.74 Å². The topological polar surface area (TPSA) is 29.5 Å². The smallest absolute Gasteiger partial charge is 0.125 e. The third-order valence-corrected chi connectivity index (χ3v) is 2.81. The van der Waals surface area contributed by atoms with Crippen molar-refractivity contribution in [2.24, 2.45) is 5.92 Å². The van der Waals surface area contributed by atoms with E-state index in [-0.39, 0.29) is 11.9 Å². The number of aliphatic hydroxyl groups excluding tert-OH is 1. The van der Waals surface area contributed by atoms with Crippen LogP contribution in [0.1, 0.15) is 31.9 Å². The van der Waals surface area contributed by atoms with E-state index in [0.29, 0.717) is 23.7 Å². The highest BCUT2D eigenvalue weighted by atomic mass is 19.1. The van der Waals surface area contributed by atoms with Gasteiger partial charge >= 0.3 is 0 Å². The summed E-state index contributed by atoms with van der Waals surface area (Å²) in [6.07, 6.45) is -0.0662. The summed E-state index contributed by atoms with van der Waals surface area (Å²) in [5.74, 6) is 0.617. The van der Waals surface area contributed by atoms with Crippen molar-refractivity contribution in [3.05, 3.63) is 29.6 Å². The molecule has 0 bridgehead atoms. The summed E-state index contributed by atoms with van der Waals surface area (Å²) in [6.45, 7) is 4.10. The average Bonchev–Trinajstić information content (AvgIpc) is 2.18. The second kappa shape index (κ2) is 3.81. The first-order valence-electron chi connectivity index (χ1n) is 5.22. The van der Waals surface area contributed by atoms with Gasteiger partial charge in [-0.15, -0.1) is 0 Å². The van der Waals surface area contributed by atoms with Crippen LogP contribution < -0.4 is 4.74 Å². The second-order valence-corrected chi connectivity index (χ2v) is 4.33. The van der Waals surface area contributed by atoms with Gasteiger partial charge in [-0.05, 0) is 24.1 Å². The average molecular weight is 210 g/mol. The molecule has 0 aliphatic carbocycles. The first kappa shape index (κ1) is 10.4. The van der Waals surface area contributed by atoms with Crippen LogP contribution in [-0.2, 0) is 0 Å². The normalized spacial score (nSPS) is 24.9. The summed E-state index contributed by atoms with van der Waals surface area (Å²) >= 11 is 0. The lowest BCUT2D eigenvalue weighted by atomic mass is 9.93. The highest BCUT2D eigenvalue weighted by Crippen LogP contribution is 2.36. The Morgan fingerprint density at radius 1 is 1.47 bits per heavy atom. The Balaban J connectivity index is 2.32. The van der Waals surface area contributed by atoms with E-state index in [1.807, 2.05) is 13.8 Å². The lowest BCUT2D eigenvalue weighted by molar-refractivity contribution is 0.0424. The van der Waals surface area contributed by atoms with Gasteiger partial charge in [0, 0.05) is 12.0 Å².